The van der Waals surface area contributed by atoms with Crippen molar-refractivity contribution in [3.63, 3.8) is 0 Å². The van der Waals surface area contributed by atoms with Crippen LogP contribution in [-0.4, -0.2) is 32.1 Å². The highest BCUT2D eigenvalue weighted by molar-refractivity contribution is 9.10. The first-order chi connectivity index (χ1) is 7.58. The first-order valence-corrected chi connectivity index (χ1v) is 5.24. The fourth-order valence-corrected chi connectivity index (χ4v) is 1.46. The molecule has 0 atom stereocenters. The Labute approximate surface area is 101 Å². The van der Waals surface area contributed by atoms with Crippen LogP contribution in [0.15, 0.2) is 21.2 Å². The summed E-state index contributed by atoms with van der Waals surface area (Å²) in [6, 6.07) is 3.08. The van der Waals surface area contributed by atoms with Crippen molar-refractivity contribution in [2.75, 3.05) is 14.2 Å². The summed E-state index contributed by atoms with van der Waals surface area (Å²) >= 11 is 3.07. The van der Waals surface area contributed by atoms with Crippen LogP contribution in [0.3, 0.4) is 0 Å². The number of halogens is 1. The van der Waals surface area contributed by atoms with E-state index in [1.54, 1.807) is 6.07 Å². The summed E-state index contributed by atoms with van der Waals surface area (Å²) in [5.74, 6) is -0.719. The first kappa shape index (κ1) is 13.1. The molecular weight excluding hydrogens is 280 g/mol. The maximum Gasteiger partial charge on any atom is 0.217 e. The highest BCUT2D eigenvalue weighted by Gasteiger charge is 2.22. The van der Waals surface area contributed by atoms with Crippen molar-refractivity contribution in [1.82, 2.24) is 0 Å². The number of rotatable bonds is 6. The van der Waals surface area contributed by atoms with Crippen LogP contribution in [0.4, 0.5) is 0 Å². The molecule has 0 saturated heterocycles. The second kappa shape index (κ2) is 5.93. The van der Waals surface area contributed by atoms with Gasteiger partial charge in [-0.25, -0.2) is 0 Å². The Bertz CT molecular complexity index is 380. The third kappa shape index (κ3) is 3.26. The number of ether oxygens (including phenoxy) is 2. The van der Waals surface area contributed by atoms with Crippen LogP contribution in [0.5, 0.6) is 0 Å². The maximum atomic E-state index is 11.6. The van der Waals surface area contributed by atoms with Crippen molar-refractivity contribution < 1.29 is 23.5 Å². The largest absolute Gasteiger partial charge is 0.446 e. The lowest BCUT2D eigenvalue weighted by Gasteiger charge is -2.10. The molecule has 5 nitrogen and oxygen atoms in total. The average Bonchev–Trinajstić information content (AvgIpc) is 2.66. The molecule has 88 valence electrons. The van der Waals surface area contributed by atoms with E-state index in [1.807, 2.05) is 0 Å². The van der Waals surface area contributed by atoms with E-state index in [0.29, 0.717) is 4.67 Å². The lowest BCUT2D eigenvalue weighted by molar-refractivity contribution is -0.155. The van der Waals surface area contributed by atoms with Crippen LogP contribution in [0.25, 0.3) is 0 Å². The van der Waals surface area contributed by atoms with Gasteiger partial charge in [-0.05, 0) is 28.1 Å². The molecule has 0 aromatic carbocycles. The highest BCUT2D eigenvalue weighted by atomic mass is 79.9. The predicted octanol–water partition coefficient (Wildman–Crippen LogP) is 1.80. The van der Waals surface area contributed by atoms with Gasteiger partial charge in [0.05, 0.1) is 6.42 Å². The van der Waals surface area contributed by atoms with Gasteiger partial charge < -0.3 is 13.9 Å². The van der Waals surface area contributed by atoms with E-state index in [-0.39, 0.29) is 12.2 Å². The summed E-state index contributed by atoms with van der Waals surface area (Å²) in [4.78, 5) is 23.0. The second-order valence-corrected chi connectivity index (χ2v) is 3.75. The van der Waals surface area contributed by atoms with Crippen LogP contribution < -0.4 is 0 Å². The Hall–Kier alpha value is -0.980. The molecule has 6 heteroatoms. The monoisotopic (exact) mass is 290 g/mol. The van der Waals surface area contributed by atoms with Crippen molar-refractivity contribution in [3.05, 3.63) is 22.6 Å². The van der Waals surface area contributed by atoms with Crippen LogP contribution in [0, 0.1) is 0 Å². The van der Waals surface area contributed by atoms with Crippen LogP contribution in [0.1, 0.15) is 17.0 Å². The molecule has 0 spiro atoms. The number of carbonyl (C=O) groups excluding carboxylic acids is 2. The zero-order chi connectivity index (χ0) is 12.1. The van der Waals surface area contributed by atoms with Crippen LogP contribution >= 0.6 is 15.9 Å². The highest BCUT2D eigenvalue weighted by Crippen LogP contribution is 2.16. The van der Waals surface area contributed by atoms with Gasteiger partial charge in [-0.3, -0.25) is 9.59 Å². The van der Waals surface area contributed by atoms with E-state index in [1.165, 1.54) is 20.3 Å². The van der Waals surface area contributed by atoms with Gasteiger partial charge in [-0.2, -0.15) is 0 Å². The Morgan fingerprint density at radius 3 is 2.44 bits per heavy atom. The minimum atomic E-state index is -1.01. The molecule has 0 aliphatic carbocycles. The third-order valence-electron chi connectivity index (χ3n) is 1.87. The van der Waals surface area contributed by atoms with Gasteiger partial charge in [-0.15, -0.1) is 0 Å². The zero-order valence-electron chi connectivity index (χ0n) is 8.86. The summed E-state index contributed by atoms with van der Waals surface area (Å²) < 4.78 is 14.9. The molecule has 0 N–H and O–H groups in total. The number of methoxy groups -OCH3 is 2. The van der Waals surface area contributed by atoms with Crippen molar-refractivity contribution >= 4 is 27.5 Å². The lowest BCUT2D eigenvalue weighted by Crippen LogP contribution is -2.26. The lowest BCUT2D eigenvalue weighted by atomic mass is 10.1. The number of hydrogen-bond acceptors (Lipinski definition) is 5. The molecular formula is C10H11BrO5. The second-order valence-electron chi connectivity index (χ2n) is 2.97. The maximum absolute atomic E-state index is 11.6. The van der Waals surface area contributed by atoms with Gasteiger partial charge in [0.25, 0.3) is 0 Å². The number of ketones is 2. The smallest absolute Gasteiger partial charge is 0.217 e. The Kier molecular flexibility index (Phi) is 4.85. The van der Waals surface area contributed by atoms with E-state index >= 15 is 0 Å². The molecule has 0 fully saturated rings. The topological polar surface area (TPSA) is 65.7 Å². The molecule has 1 aromatic rings. The molecule has 16 heavy (non-hydrogen) atoms. The van der Waals surface area contributed by atoms with E-state index in [0.717, 1.165) is 0 Å². The average molecular weight is 291 g/mol. The molecule has 0 amide bonds. The summed E-state index contributed by atoms with van der Waals surface area (Å²) in [6.45, 7) is 0. The minimum absolute atomic E-state index is 0.131. The van der Waals surface area contributed by atoms with Gasteiger partial charge in [0, 0.05) is 14.2 Å². The SMILES string of the molecule is COC(OC)C(=O)CC(=O)c1ccc(Br)o1. The van der Waals surface area contributed by atoms with Gasteiger partial charge in [0.15, 0.2) is 16.2 Å². The molecule has 0 aliphatic rings. The third-order valence-corrected chi connectivity index (χ3v) is 2.30. The van der Waals surface area contributed by atoms with Crippen molar-refractivity contribution in [2.24, 2.45) is 0 Å². The number of carbonyl (C=O) groups is 2. The minimum Gasteiger partial charge on any atom is -0.446 e. The van der Waals surface area contributed by atoms with E-state index in [9.17, 15) is 9.59 Å². The molecule has 0 saturated carbocycles. The van der Waals surface area contributed by atoms with Gasteiger partial charge in [-0.1, -0.05) is 0 Å². The quantitative estimate of drug-likeness (QED) is 0.454. The van der Waals surface area contributed by atoms with Gasteiger partial charge >= 0.3 is 0 Å². The van der Waals surface area contributed by atoms with E-state index in [2.05, 4.69) is 15.9 Å². The molecule has 1 aromatic heterocycles. The molecule has 1 rings (SSSR count). The van der Waals surface area contributed by atoms with E-state index in [4.69, 9.17) is 13.9 Å². The van der Waals surface area contributed by atoms with Gasteiger partial charge in [0.2, 0.25) is 12.1 Å². The Balaban J connectivity index is 2.61. The Morgan fingerprint density at radius 2 is 2.00 bits per heavy atom. The molecule has 0 radical (unpaired) electrons. The van der Waals surface area contributed by atoms with E-state index < -0.39 is 17.9 Å². The van der Waals surface area contributed by atoms with Crippen molar-refractivity contribution in [3.8, 4) is 0 Å². The van der Waals surface area contributed by atoms with Crippen molar-refractivity contribution in [1.29, 1.82) is 0 Å². The van der Waals surface area contributed by atoms with Crippen LogP contribution in [-0.2, 0) is 14.3 Å². The summed E-state index contributed by atoms with van der Waals surface area (Å²) in [6.07, 6.45) is -1.32. The molecule has 0 aliphatic heterocycles. The van der Waals surface area contributed by atoms with Crippen LogP contribution in [0.2, 0.25) is 0 Å². The van der Waals surface area contributed by atoms with Crippen molar-refractivity contribution in [2.45, 2.75) is 12.7 Å². The summed E-state index contributed by atoms with van der Waals surface area (Å²) in [5, 5.41) is 0. The van der Waals surface area contributed by atoms with Gasteiger partial charge in [0.1, 0.15) is 0 Å². The number of Topliss-reactive ketones (excluding diaryl/α,β-unsaturated/α-hetero) is 2. The Morgan fingerprint density at radius 1 is 1.38 bits per heavy atom. The predicted molar refractivity (Wildman–Crippen MR) is 58.2 cm³/mol. The normalized spacial score (nSPS) is 10.8. The fourth-order valence-electron chi connectivity index (χ4n) is 1.15. The molecule has 1 heterocycles. The standard InChI is InChI=1S/C10H11BrO5/c1-14-10(15-2)7(13)5-6(12)8-3-4-9(11)16-8/h3-4,10H,5H2,1-2H3. The molecule has 0 bridgehead atoms. The zero-order valence-corrected chi connectivity index (χ0v) is 10.4. The fraction of sp³-hybridized carbons (Fsp3) is 0.400. The molecule has 0 unspecified atom stereocenters. The first-order valence-electron chi connectivity index (χ1n) is 4.45. The summed E-state index contributed by atoms with van der Waals surface area (Å²) in [7, 11) is 2.67. The number of furan rings is 1. The summed E-state index contributed by atoms with van der Waals surface area (Å²) in [5.41, 5.74) is 0. The number of hydrogen-bond donors (Lipinski definition) is 0.